The molecule has 2 aliphatic carbocycles. The fraction of sp³-hybridized carbons (Fsp3) is 1.00. The van der Waals surface area contributed by atoms with E-state index in [4.69, 9.17) is 0 Å². The van der Waals surface area contributed by atoms with E-state index < -0.39 is 0 Å². The molecule has 0 saturated heterocycles. The normalized spacial score (nSPS) is 24.6. The Labute approximate surface area is 183 Å². The summed E-state index contributed by atoms with van der Waals surface area (Å²) in [6, 6.07) is 0. The minimum atomic E-state index is 0.147. The third-order valence-electron chi connectivity index (χ3n) is 8.19. The second kappa shape index (κ2) is 13.4. The quantitative estimate of drug-likeness (QED) is 0.227. The van der Waals surface area contributed by atoms with Crippen molar-refractivity contribution in [2.75, 3.05) is 13.1 Å². The zero-order valence-corrected chi connectivity index (χ0v) is 20.6. The fourth-order valence-corrected chi connectivity index (χ4v) is 6.28. The van der Waals surface area contributed by atoms with Crippen LogP contribution in [0.1, 0.15) is 137 Å². The molecule has 2 saturated carbocycles. The molecular weight excluding hydrogens is 352 g/mol. The van der Waals surface area contributed by atoms with Gasteiger partial charge in [0.05, 0.1) is 5.66 Å². The lowest BCUT2D eigenvalue weighted by atomic mass is 9.62. The first-order valence-electron chi connectivity index (χ1n) is 13.5. The monoisotopic (exact) mass is 406 g/mol. The standard InChI is InChI=1S/C27H54N2/c1-5-7-9-14-20-28-27(29-21-15-10-8-6-2)19-18-25(23-26(27,3)4)22-24-16-12-11-13-17-24/h24-25,28-29H,5-23H2,1-4H3. The molecule has 2 fully saturated rings. The summed E-state index contributed by atoms with van der Waals surface area (Å²) >= 11 is 0. The van der Waals surface area contributed by atoms with Crippen LogP contribution < -0.4 is 10.6 Å². The Morgan fingerprint density at radius 3 is 1.79 bits per heavy atom. The predicted molar refractivity (Wildman–Crippen MR) is 129 cm³/mol. The molecule has 2 nitrogen and oxygen atoms in total. The van der Waals surface area contributed by atoms with Gasteiger partial charge in [-0.3, -0.25) is 10.6 Å². The first kappa shape index (κ1) is 25.2. The van der Waals surface area contributed by atoms with Crippen molar-refractivity contribution >= 4 is 0 Å². The van der Waals surface area contributed by atoms with Crippen LogP contribution in [0.4, 0.5) is 0 Å². The molecule has 0 heterocycles. The zero-order valence-electron chi connectivity index (χ0n) is 20.6. The minimum absolute atomic E-state index is 0.147. The smallest absolute Gasteiger partial charge is 0.0739 e. The van der Waals surface area contributed by atoms with E-state index in [1.807, 2.05) is 0 Å². The maximum atomic E-state index is 4.09. The van der Waals surface area contributed by atoms with Crippen LogP contribution in [-0.2, 0) is 0 Å². The first-order valence-corrected chi connectivity index (χ1v) is 13.5. The third kappa shape index (κ3) is 8.17. The van der Waals surface area contributed by atoms with Crippen molar-refractivity contribution in [3.8, 4) is 0 Å². The van der Waals surface area contributed by atoms with Crippen LogP contribution in [-0.4, -0.2) is 18.8 Å². The van der Waals surface area contributed by atoms with Crippen molar-refractivity contribution in [2.24, 2.45) is 17.3 Å². The van der Waals surface area contributed by atoms with Crippen LogP contribution in [0.3, 0.4) is 0 Å². The molecule has 0 aliphatic heterocycles. The third-order valence-corrected chi connectivity index (χ3v) is 8.19. The molecule has 0 radical (unpaired) electrons. The van der Waals surface area contributed by atoms with Gasteiger partial charge in [0, 0.05) is 0 Å². The highest BCUT2D eigenvalue weighted by atomic mass is 15.2. The molecule has 0 bridgehead atoms. The Morgan fingerprint density at radius 1 is 0.690 bits per heavy atom. The highest BCUT2D eigenvalue weighted by molar-refractivity contribution is 5.03. The summed E-state index contributed by atoms with van der Waals surface area (Å²) in [5.74, 6) is 1.98. The lowest BCUT2D eigenvalue weighted by Crippen LogP contribution is -2.67. The Balaban J connectivity index is 1.91. The molecule has 0 amide bonds. The number of unbranched alkanes of at least 4 members (excludes halogenated alkanes) is 6. The van der Waals surface area contributed by atoms with E-state index in [-0.39, 0.29) is 5.66 Å². The van der Waals surface area contributed by atoms with E-state index in [1.165, 1.54) is 122 Å². The van der Waals surface area contributed by atoms with Crippen molar-refractivity contribution in [2.45, 2.75) is 143 Å². The maximum Gasteiger partial charge on any atom is 0.0739 e. The summed E-state index contributed by atoms with van der Waals surface area (Å²) in [6.45, 7) is 12.1. The van der Waals surface area contributed by atoms with Crippen LogP contribution in [0.5, 0.6) is 0 Å². The summed E-state index contributed by atoms with van der Waals surface area (Å²) < 4.78 is 0. The topological polar surface area (TPSA) is 24.1 Å². The molecule has 2 heteroatoms. The number of nitrogens with one attached hydrogen (secondary N) is 2. The molecular formula is C27H54N2. The number of hydrogen-bond donors (Lipinski definition) is 2. The van der Waals surface area contributed by atoms with Gasteiger partial charge in [0.2, 0.25) is 0 Å². The second-order valence-corrected chi connectivity index (χ2v) is 11.1. The SMILES string of the molecule is CCCCCCNC1(NCCCCCC)CCC(CC2CCCCC2)CC1(C)C. The molecule has 2 aliphatic rings. The van der Waals surface area contributed by atoms with E-state index in [9.17, 15) is 0 Å². The Hall–Kier alpha value is -0.0800. The van der Waals surface area contributed by atoms with Crippen LogP contribution in [0.2, 0.25) is 0 Å². The molecule has 1 atom stereocenters. The Kier molecular flexibility index (Phi) is 11.6. The van der Waals surface area contributed by atoms with Gasteiger partial charge in [-0.1, -0.05) is 98.3 Å². The molecule has 0 aromatic rings. The largest absolute Gasteiger partial charge is 0.299 e. The lowest BCUT2D eigenvalue weighted by Gasteiger charge is -2.54. The minimum Gasteiger partial charge on any atom is -0.299 e. The molecule has 2 rings (SSSR count). The van der Waals surface area contributed by atoms with Gasteiger partial charge in [-0.05, 0) is 68.9 Å². The van der Waals surface area contributed by atoms with Crippen molar-refractivity contribution < 1.29 is 0 Å². The summed E-state index contributed by atoms with van der Waals surface area (Å²) in [4.78, 5) is 0. The summed E-state index contributed by atoms with van der Waals surface area (Å²) in [5.41, 5.74) is 0.481. The predicted octanol–water partition coefficient (Wildman–Crippen LogP) is 7.82. The fourth-order valence-electron chi connectivity index (χ4n) is 6.28. The highest BCUT2D eigenvalue weighted by Gasteiger charge is 2.48. The molecule has 1 unspecified atom stereocenters. The second-order valence-electron chi connectivity index (χ2n) is 11.1. The van der Waals surface area contributed by atoms with Gasteiger partial charge < -0.3 is 0 Å². The van der Waals surface area contributed by atoms with Gasteiger partial charge in [0.25, 0.3) is 0 Å². The summed E-state index contributed by atoms with van der Waals surface area (Å²) in [5, 5.41) is 8.18. The lowest BCUT2D eigenvalue weighted by molar-refractivity contribution is -0.00167. The van der Waals surface area contributed by atoms with Gasteiger partial charge in [-0.25, -0.2) is 0 Å². The van der Waals surface area contributed by atoms with E-state index >= 15 is 0 Å². The van der Waals surface area contributed by atoms with Gasteiger partial charge >= 0.3 is 0 Å². The van der Waals surface area contributed by atoms with Crippen LogP contribution in [0.25, 0.3) is 0 Å². The Morgan fingerprint density at radius 2 is 1.28 bits per heavy atom. The van der Waals surface area contributed by atoms with Gasteiger partial charge in [-0.15, -0.1) is 0 Å². The first-order chi connectivity index (χ1) is 14.0. The van der Waals surface area contributed by atoms with Gasteiger partial charge in [0.15, 0.2) is 0 Å². The number of hydrogen-bond acceptors (Lipinski definition) is 2. The average Bonchev–Trinajstić information content (AvgIpc) is 2.70. The zero-order chi connectivity index (χ0) is 21.0. The molecule has 29 heavy (non-hydrogen) atoms. The molecule has 0 spiro atoms. The number of rotatable bonds is 14. The van der Waals surface area contributed by atoms with Crippen LogP contribution in [0, 0.1) is 17.3 Å². The highest BCUT2D eigenvalue weighted by Crippen LogP contribution is 2.47. The van der Waals surface area contributed by atoms with Crippen LogP contribution >= 0.6 is 0 Å². The van der Waals surface area contributed by atoms with Crippen molar-refractivity contribution in [3.63, 3.8) is 0 Å². The molecule has 0 aromatic carbocycles. The molecule has 172 valence electrons. The van der Waals surface area contributed by atoms with E-state index in [0.717, 1.165) is 11.8 Å². The summed E-state index contributed by atoms with van der Waals surface area (Å²) in [7, 11) is 0. The average molecular weight is 407 g/mol. The Bertz CT molecular complexity index is 397. The molecule has 0 aromatic heterocycles. The molecule has 2 N–H and O–H groups in total. The van der Waals surface area contributed by atoms with Crippen molar-refractivity contribution in [1.82, 2.24) is 10.6 Å². The summed E-state index contributed by atoms with van der Waals surface area (Å²) in [6.07, 6.45) is 23.9. The van der Waals surface area contributed by atoms with E-state index in [1.54, 1.807) is 0 Å². The van der Waals surface area contributed by atoms with Crippen molar-refractivity contribution in [3.05, 3.63) is 0 Å². The maximum absolute atomic E-state index is 4.09. The van der Waals surface area contributed by atoms with Gasteiger partial charge in [0.1, 0.15) is 0 Å². The van der Waals surface area contributed by atoms with Crippen LogP contribution in [0.15, 0.2) is 0 Å². The van der Waals surface area contributed by atoms with Crippen molar-refractivity contribution in [1.29, 1.82) is 0 Å². The van der Waals surface area contributed by atoms with E-state index in [0.29, 0.717) is 5.41 Å². The van der Waals surface area contributed by atoms with E-state index in [2.05, 4.69) is 38.3 Å². The van der Waals surface area contributed by atoms with Gasteiger partial charge in [-0.2, -0.15) is 0 Å².